The van der Waals surface area contributed by atoms with Gasteiger partial charge in [0.05, 0.1) is 0 Å². The zero-order valence-electron chi connectivity index (χ0n) is 10.5. The molecule has 2 nitrogen and oxygen atoms in total. The van der Waals surface area contributed by atoms with Crippen LogP contribution in [0.1, 0.15) is 23.6 Å². The van der Waals surface area contributed by atoms with Gasteiger partial charge in [-0.3, -0.25) is 0 Å². The van der Waals surface area contributed by atoms with Crippen LogP contribution in [-0.4, -0.2) is 16.8 Å². The van der Waals surface area contributed by atoms with Crippen molar-refractivity contribution >= 4 is 17.7 Å². The van der Waals surface area contributed by atoms with Crippen LogP contribution in [-0.2, 0) is 10.5 Å². The highest BCUT2D eigenvalue weighted by Crippen LogP contribution is 2.17. The lowest BCUT2D eigenvalue weighted by molar-refractivity contribution is -0.131. The lowest BCUT2D eigenvalue weighted by Crippen LogP contribution is -1.92. The van der Waals surface area contributed by atoms with E-state index in [9.17, 15) is 4.79 Å². The Bertz CT molecular complexity index is 416. The topological polar surface area (TPSA) is 37.3 Å². The van der Waals surface area contributed by atoms with Gasteiger partial charge in [-0.15, -0.1) is 0 Å². The standard InChI is InChI=1S/C14H18O2S/c1-10-4-11(2)6-13(5-10)9-17-8-12(3)7-14(15)16/h4-7H,8-9H2,1-3H3,(H,15,16). The summed E-state index contributed by atoms with van der Waals surface area (Å²) in [5, 5.41) is 8.59. The summed E-state index contributed by atoms with van der Waals surface area (Å²) in [6.07, 6.45) is 1.27. The Balaban J connectivity index is 2.48. The van der Waals surface area contributed by atoms with Crippen molar-refractivity contribution in [2.45, 2.75) is 26.5 Å². The number of aliphatic carboxylic acids is 1. The van der Waals surface area contributed by atoms with E-state index in [4.69, 9.17) is 5.11 Å². The molecule has 0 spiro atoms. The second kappa shape index (κ2) is 6.50. The molecular weight excluding hydrogens is 232 g/mol. The van der Waals surface area contributed by atoms with Gasteiger partial charge in [0.1, 0.15) is 0 Å². The maximum absolute atomic E-state index is 10.4. The fraction of sp³-hybridized carbons (Fsp3) is 0.357. The minimum absolute atomic E-state index is 0.763. The molecule has 1 rings (SSSR count). The van der Waals surface area contributed by atoms with Gasteiger partial charge in [-0.05, 0) is 26.3 Å². The van der Waals surface area contributed by atoms with Crippen LogP contribution in [0.25, 0.3) is 0 Å². The molecule has 3 heteroatoms. The third-order valence-corrected chi connectivity index (χ3v) is 3.45. The number of carboxylic acid groups (broad SMARTS) is 1. The monoisotopic (exact) mass is 250 g/mol. The molecule has 0 heterocycles. The number of benzene rings is 1. The van der Waals surface area contributed by atoms with Crippen LogP contribution in [0.15, 0.2) is 29.8 Å². The molecule has 0 saturated carbocycles. The van der Waals surface area contributed by atoms with Crippen LogP contribution in [0.2, 0.25) is 0 Å². The predicted molar refractivity (Wildman–Crippen MR) is 73.5 cm³/mol. The van der Waals surface area contributed by atoms with Crippen LogP contribution in [0.3, 0.4) is 0 Å². The summed E-state index contributed by atoms with van der Waals surface area (Å²) in [5.74, 6) is 0.821. The molecule has 0 amide bonds. The van der Waals surface area contributed by atoms with Crippen molar-refractivity contribution in [3.05, 3.63) is 46.5 Å². The Morgan fingerprint density at radius 2 is 1.88 bits per heavy atom. The molecule has 0 aliphatic rings. The SMILES string of the molecule is CC(=CC(=O)O)CSCc1cc(C)cc(C)c1. The zero-order chi connectivity index (χ0) is 12.8. The van der Waals surface area contributed by atoms with Gasteiger partial charge >= 0.3 is 5.97 Å². The van der Waals surface area contributed by atoms with Gasteiger partial charge < -0.3 is 5.11 Å². The molecule has 0 aliphatic carbocycles. The Kier molecular flexibility index (Phi) is 5.29. The lowest BCUT2D eigenvalue weighted by atomic mass is 10.1. The van der Waals surface area contributed by atoms with Crippen molar-refractivity contribution in [1.29, 1.82) is 0 Å². The quantitative estimate of drug-likeness (QED) is 0.812. The van der Waals surface area contributed by atoms with Gasteiger partial charge in [0.25, 0.3) is 0 Å². The highest BCUT2D eigenvalue weighted by molar-refractivity contribution is 7.98. The van der Waals surface area contributed by atoms with E-state index in [2.05, 4.69) is 32.0 Å². The largest absolute Gasteiger partial charge is 0.478 e. The number of thioether (sulfide) groups is 1. The van der Waals surface area contributed by atoms with Gasteiger partial charge in [-0.25, -0.2) is 4.79 Å². The van der Waals surface area contributed by atoms with Gasteiger partial charge in [0.2, 0.25) is 0 Å². The van der Waals surface area contributed by atoms with Crippen LogP contribution in [0, 0.1) is 13.8 Å². The summed E-state index contributed by atoms with van der Waals surface area (Å²) >= 11 is 1.74. The Hall–Kier alpha value is -1.22. The average molecular weight is 250 g/mol. The Labute approximate surface area is 107 Å². The minimum Gasteiger partial charge on any atom is -0.478 e. The van der Waals surface area contributed by atoms with E-state index in [0.717, 1.165) is 17.1 Å². The normalized spacial score (nSPS) is 11.6. The zero-order valence-corrected chi connectivity index (χ0v) is 11.3. The van der Waals surface area contributed by atoms with Crippen LogP contribution in [0.4, 0.5) is 0 Å². The van der Waals surface area contributed by atoms with E-state index in [1.807, 2.05) is 6.92 Å². The molecule has 1 aromatic carbocycles. The first-order chi connectivity index (χ1) is 7.97. The second-order valence-electron chi connectivity index (χ2n) is 4.32. The fourth-order valence-corrected chi connectivity index (χ4v) is 2.64. The second-order valence-corrected chi connectivity index (χ2v) is 5.30. The summed E-state index contributed by atoms with van der Waals surface area (Å²) < 4.78 is 0. The first kappa shape index (κ1) is 13.8. The molecule has 0 aromatic heterocycles. The Morgan fingerprint density at radius 1 is 1.29 bits per heavy atom. The van der Waals surface area contributed by atoms with E-state index in [1.165, 1.54) is 22.8 Å². The highest BCUT2D eigenvalue weighted by atomic mass is 32.2. The first-order valence-electron chi connectivity index (χ1n) is 5.52. The van der Waals surface area contributed by atoms with E-state index in [1.54, 1.807) is 11.8 Å². The molecule has 0 atom stereocenters. The van der Waals surface area contributed by atoms with E-state index in [0.29, 0.717) is 0 Å². The highest BCUT2D eigenvalue weighted by Gasteiger charge is 1.99. The number of carboxylic acids is 1. The van der Waals surface area contributed by atoms with Crippen molar-refractivity contribution in [3.8, 4) is 0 Å². The van der Waals surface area contributed by atoms with Crippen molar-refractivity contribution in [3.63, 3.8) is 0 Å². The predicted octanol–water partition coefficient (Wildman–Crippen LogP) is 3.57. The number of hydrogen-bond acceptors (Lipinski definition) is 2. The first-order valence-corrected chi connectivity index (χ1v) is 6.68. The summed E-state index contributed by atoms with van der Waals surface area (Å²) in [7, 11) is 0. The number of carbonyl (C=O) groups is 1. The van der Waals surface area contributed by atoms with E-state index in [-0.39, 0.29) is 0 Å². The van der Waals surface area contributed by atoms with Crippen LogP contribution >= 0.6 is 11.8 Å². The van der Waals surface area contributed by atoms with Crippen molar-refractivity contribution in [2.75, 3.05) is 5.75 Å². The summed E-state index contributed by atoms with van der Waals surface area (Å²) in [4.78, 5) is 10.4. The van der Waals surface area contributed by atoms with Gasteiger partial charge in [-0.2, -0.15) is 11.8 Å². The van der Waals surface area contributed by atoms with Gasteiger partial charge in [0.15, 0.2) is 0 Å². The van der Waals surface area contributed by atoms with Gasteiger partial charge in [0, 0.05) is 17.6 Å². The molecule has 92 valence electrons. The summed E-state index contributed by atoms with van der Waals surface area (Å²) in [5.41, 5.74) is 4.75. The van der Waals surface area contributed by atoms with Crippen LogP contribution in [0.5, 0.6) is 0 Å². The molecule has 0 radical (unpaired) electrons. The molecule has 0 saturated heterocycles. The molecule has 17 heavy (non-hydrogen) atoms. The maximum atomic E-state index is 10.4. The van der Waals surface area contributed by atoms with Crippen molar-refractivity contribution in [2.24, 2.45) is 0 Å². The molecule has 1 N–H and O–H groups in total. The molecule has 0 fully saturated rings. The number of hydrogen-bond donors (Lipinski definition) is 1. The van der Waals surface area contributed by atoms with E-state index < -0.39 is 5.97 Å². The number of rotatable bonds is 5. The number of aryl methyl sites for hydroxylation is 2. The Morgan fingerprint density at radius 3 is 2.41 bits per heavy atom. The lowest BCUT2D eigenvalue weighted by Gasteiger charge is -2.05. The fourth-order valence-electron chi connectivity index (χ4n) is 1.73. The molecular formula is C14H18O2S. The molecule has 0 bridgehead atoms. The summed E-state index contributed by atoms with van der Waals surface area (Å²) in [6.45, 7) is 6.04. The van der Waals surface area contributed by atoms with Crippen LogP contribution < -0.4 is 0 Å². The van der Waals surface area contributed by atoms with E-state index >= 15 is 0 Å². The average Bonchev–Trinajstić information content (AvgIpc) is 2.14. The smallest absolute Gasteiger partial charge is 0.328 e. The third-order valence-electron chi connectivity index (χ3n) is 2.25. The van der Waals surface area contributed by atoms with Gasteiger partial charge in [-0.1, -0.05) is 34.9 Å². The van der Waals surface area contributed by atoms with Crippen molar-refractivity contribution in [1.82, 2.24) is 0 Å². The third kappa shape index (κ3) is 5.59. The summed E-state index contributed by atoms with van der Waals surface area (Å²) in [6, 6.07) is 6.51. The molecule has 0 unspecified atom stereocenters. The molecule has 0 aliphatic heterocycles. The minimum atomic E-state index is -0.866. The molecule has 1 aromatic rings. The maximum Gasteiger partial charge on any atom is 0.328 e. The van der Waals surface area contributed by atoms with Crippen molar-refractivity contribution < 1.29 is 9.90 Å².